The molecular weight excluding hydrogens is 280 g/mol. The zero-order chi connectivity index (χ0) is 15.6. The Kier molecular flexibility index (Phi) is 4.92. The largest absolute Gasteiger partial charge is 0.497 e. The molecular formula is C14H18O7. The van der Waals surface area contributed by atoms with Crippen molar-refractivity contribution in [2.75, 3.05) is 13.7 Å². The molecule has 2 rings (SSSR count). The molecule has 3 unspecified atom stereocenters. The van der Waals surface area contributed by atoms with Crippen molar-refractivity contribution in [3.63, 3.8) is 0 Å². The number of methoxy groups -OCH3 is 1. The van der Waals surface area contributed by atoms with Gasteiger partial charge in [0.25, 0.3) is 0 Å². The number of ether oxygens (including phenoxy) is 2. The maximum atomic E-state index is 12.3. The van der Waals surface area contributed by atoms with E-state index in [2.05, 4.69) is 0 Å². The summed E-state index contributed by atoms with van der Waals surface area (Å²) in [5.41, 5.74) is 0.264. The molecule has 1 heterocycles. The van der Waals surface area contributed by atoms with Gasteiger partial charge in [0.2, 0.25) is 0 Å². The van der Waals surface area contributed by atoms with Crippen LogP contribution in [0.3, 0.4) is 0 Å². The van der Waals surface area contributed by atoms with E-state index in [1.807, 2.05) is 0 Å². The van der Waals surface area contributed by atoms with E-state index < -0.39 is 42.9 Å². The molecule has 0 saturated carbocycles. The topological polar surface area (TPSA) is 116 Å². The third kappa shape index (κ3) is 3.07. The average Bonchev–Trinajstić information content (AvgIpc) is 2.52. The summed E-state index contributed by atoms with van der Waals surface area (Å²) in [5, 5.41) is 38.3. The van der Waals surface area contributed by atoms with Gasteiger partial charge in [-0.3, -0.25) is 4.79 Å². The maximum absolute atomic E-state index is 12.3. The fourth-order valence-electron chi connectivity index (χ4n) is 2.24. The Morgan fingerprint density at radius 2 is 1.76 bits per heavy atom. The zero-order valence-electron chi connectivity index (χ0n) is 11.4. The molecule has 1 fully saturated rings. The molecule has 7 heteroatoms. The van der Waals surface area contributed by atoms with Gasteiger partial charge >= 0.3 is 0 Å². The van der Waals surface area contributed by atoms with E-state index in [9.17, 15) is 20.1 Å². The van der Waals surface area contributed by atoms with Crippen molar-refractivity contribution in [1.82, 2.24) is 0 Å². The van der Waals surface area contributed by atoms with Crippen molar-refractivity contribution < 1.29 is 34.7 Å². The lowest BCUT2D eigenvalue weighted by molar-refractivity contribution is -0.215. The Hall–Kier alpha value is -1.51. The predicted octanol–water partition coefficient (Wildman–Crippen LogP) is -1.28. The Morgan fingerprint density at radius 1 is 1.14 bits per heavy atom. The van der Waals surface area contributed by atoms with Crippen LogP contribution in [-0.4, -0.2) is 70.4 Å². The maximum Gasteiger partial charge on any atom is 0.194 e. The number of ketones is 1. The van der Waals surface area contributed by atoms with Crippen LogP contribution in [0.4, 0.5) is 0 Å². The molecule has 5 atom stereocenters. The highest BCUT2D eigenvalue weighted by atomic mass is 16.5. The van der Waals surface area contributed by atoms with Crippen LogP contribution in [0.1, 0.15) is 10.4 Å². The molecule has 1 aromatic carbocycles. The number of hydrogen-bond acceptors (Lipinski definition) is 7. The van der Waals surface area contributed by atoms with Gasteiger partial charge in [0.15, 0.2) is 5.78 Å². The van der Waals surface area contributed by atoms with Gasteiger partial charge in [0.1, 0.15) is 36.3 Å². The quantitative estimate of drug-likeness (QED) is 0.512. The van der Waals surface area contributed by atoms with Crippen molar-refractivity contribution in [2.24, 2.45) is 0 Å². The van der Waals surface area contributed by atoms with Gasteiger partial charge in [-0.15, -0.1) is 0 Å². The summed E-state index contributed by atoms with van der Waals surface area (Å²) in [7, 11) is 1.49. The van der Waals surface area contributed by atoms with Gasteiger partial charge in [0.05, 0.1) is 13.7 Å². The SMILES string of the molecule is COc1ccc(C(=O)[C@@H]2OC(CO)[C@@H](O)C(O)C2O)cc1. The number of benzene rings is 1. The summed E-state index contributed by atoms with van der Waals surface area (Å²) in [6.07, 6.45) is -7.07. The molecule has 7 nitrogen and oxygen atoms in total. The summed E-state index contributed by atoms with van der Waals surface area (Å²) in [6, 6.07) is 6.17. The normalized spacial score (nSPS) is 32.7. The average molecular weight is 298 g/mol. The summed E-state index contributed by atoms with van der Waals surface area (Å²) in [6.45, 7) is -0.572. The van der Waals surface area contributed by atoms with E-state index in [-0.39, 0.29) is 5.56 Å². The van der Waals surface area contributed by atoms with Crippen LogP contribution in [0, 0.1) is 0 Å². The smallest absolute Gasteiger partial charge is 0.194 e. The standard InChI is InChI=1S/C14H18O7/c1-20-8-4-2-7(3-5-8)10(16)14-13(19)12(18)11(17)9(6-15)21-14/h2-5,9,11-15,17-19H,6H2,1H3/t9?,11-,12?,13?,14+/m1/s1. The predicted molar refractivity (Wildman–Crippen MR) is 71.1 cm³/mol. The van der Waals surface area contributed by atoms with E-state index in [0.717, 1.165) is 0 Å². The Morgan fingerprint density at radius 3 is 2.29 bits per heavy atom. The van der Waals surface area contributed by atoms with Gasteiger partial charge in [-0.2, -0.15) is 0 Å². The van der Waals surface area contributed by atoms with Crippen molar-refractivity contribution >= 4 is 5.78 Å². The number of Topliss-reactive ketones (excluding diaryl/α,β-unsaturated/α-hetero) is 1. The summed E-state index contributed by atoms with van der Waals surface area (Å²) in [5.74, 6) is 0.0231. The highest BCUT2D eigenvalue weighted by Gasteiger charge is 2.46. The lowest BCUT2D eigenvalue weighted by atomic mass is 9.91. The minimum Gasteiger partial charge on any atom is -0.497 e. The van der Waals surface area contributed by atoms with Crippen LogP contribution in [-0.2, 0) is 4.74 Å². The van der Waals surface area contributed by atoms with Crippen molar-refractivity contribution in [1.29, 1.82) is 0 Å². The summed E-state index contributed by atoms with van der Waals surface area (Å²) >= 11 is 0. The highest BCUT2D eigenvalue weighted by molar-refractivity contribution is 6.00. The number of rotatable bonds is 4. The second-order valence-electron chi connectivity index (χ2n) is 4.84. The van der Waals surface area contributed by atoms with Crippen LogP contribution >= 0.6 is 0 Å². The van der Waals surface area contributed by atoms with Crippen molar-refractivity contribution in [3.8, 4) is 5.75 Å². The zero-order valence-corrected chi connectivity index (χ0v) is 11.4. The fraction of sp³-hybridized carbons (Fsp3) is 0.500. The minimum atomic E-state index is -1.57. The third-order valence-electron chi connectivity index (χ3n) is 3.53. The molecule has 1 aliphatic rings. The van der Waals surface area contributed by atoms with Crippen LogP contribution in [0.2, 0.25) is 0 Å². The Labute approximate surface area is 121 Å². The van der Waals surface area contributed by atoms with Crippen LogP contribution in [0.15, 0.2) is 24.3 Å². The van der Waals surface area contributed by atoms with Crippen LogP contribution in [0.5, 0.6) is 5.75 Å². The van der Waals surface area contributed by atoms with Gasteiger partial charge < -0.3 is 29.9 Å². The van der Waals surface area contributed by atoms with Gasteiger partial charge in [-0.05, 0) is 24.3 Å². The van der Waals surface area contributed by atoms with E-state index in [0.29, 0.717) is 5.75 Å². The highest BCUT2D eigenvalue weighted by Crippen LogP contribution is 2.24. The number of carbonyl (C=O) groups excluding carboxylic acids is 1. The van der Waals surface area contributed by atoms with Gasteiger partial charge in [-0.1, -0.05) is 0 Å². The first-order valence-corrected chi connectivity index (χ1v) is 6.48. The fourth-order valence-corrected chi connectivity index (χ4v) is 2.24. The summed E-state index contributed by atoms with van der Waals surface area (Å²) in [4.78, 5) is 12.3. The van der Waals surface area contributed by atoms with E-state index in [1.165, 1.54) is 19.2 Å². The molecule has 1 saturated heterocycles. The molecule has 0 aliphatic carbocycles. The summed E-state index contributed by atoms with van der Waals surface area (Å²) < 4.78 is 10.2. The molecule has 116 valence electrons. The molecule has 0 bridgehead atoms. The van der Waals surface area contributed by atoms with Gasteiger partial charge in [-0.25, -0.2) is 0 Å². The monoisotopic (exact) mass is 298 g/mol. The first-order valence-electron chi connectivity index (χ1n) is 6.48. The second-order valence-corrected chi connectivity index (χ2v) is 4.84. The van der Waals surface area contributed by atoms with Crippen LogP contribution in [0.25, 0.3) is 0 Å². The molecule has 4 N–H and O–H groups in total. The van der Waals surface area contributed by atoms with Crippen molar-refractivity contribution in [2.45, 2.75) is 30.5 Å². The molecule has 0 radical (unpaired) electrons. The Bertz CT molecular complexity index is 485. The molecule has 1 aromatic rings. The second kappa shape index (κ2) is 6.50. The first kappa shape index (κ1) is 15.9. The molecule has 0 spiro atoms. The van der Waals surface area contributed by atoms with E-state index in [4.69, 9.17) is 14.6 Å². The third-order valence-corrected chi connectivity index (χ3v) is 3.53. The molecule has 0 aromatic heterocycles. The number of aliphatic hydroxyl groups is 4. The van der Waals surface area contributed by atoms with E-state index in [1.54, 1.807) is 12.1 Å². The minimum absolute atomic E-state index is 0.264. The number of carbonyl (C=O) groups is 1. The lowest BCUT2D eigenvalue weighted by Gasteiger charge is -2.39. The molecule has 1 aliphatic heterocycles. The lowest BCUT2D eigenvalue weighted by Crippen LogP contribution is -2.60. The molecule has 0 amide bonds. The number of aliphatic hydroxyl groups excluding tert-OH is 4. The molecule has 21 heavy (non-hydrogen) atoms. The van der Waals surface area contributed by atoms with Crippen LogP contribution < -0.4 is 4.74 Å². The first-order chi connectivity index (χ1) is 9.99. The van der Waals surface area contributed by atoms with Gasteiger partial charge in [0, 0.05) is 5.56 Å². The van der Waals surface area contributed by atoms with Crippen molar-refractivity contribution in [3.05, 3.63) is 29.8 Å². The van der Waals surface area contributed by atoms with E-state index >= 15 is 0 Å². The number of hydrogen-bond donors (Lipinski definition) is 4. The Balaban J connectivity index is 2.20.